The number of aryl methyl sites for hydroxylation is 1. The number of anilines is 1. The molecule has 0 aromatic heterocycles. The lowest BCUT2D eigenvalue weighted by Gasteiger charge is -2.25. The minimum atomic E-state index is -4.87. The molecule has 1 aromatic carbocycles. The van der Waals surface area contributed by atoms with E-state index in [4.69, 9.17) is 11.6 Å². The standard InChI is InChI=1S/C12H13ClF3NO2/c1-7-3-4-8(13)5-9(7)17-10(18)6-11(2,19)12(14,15)16/h3-5,19H,6H2,1-2H3,(H,17,18)/t11-/m1/s1. The van der Waals surface area contributed by atoms with Gasteiger partial charge in [-0.1, -0.05) is 17.7 Å². The van der Waals surface area contributed by atoms with Crippen LogP contribution < -0.4 is 5.32 Å². The third-order valence-corrected chi connectivity index (χ3v) is 2.82. The van der Waals surface area contributed by atoms with Crippen molar-refractivity contribution >= 4 is 23.2 Å². The Bertz CT molecular complexity index is 486. The fraction of sp³-hybridized carbons (Fsp3) is 0.417. The number of hydrogen-bond acceptors (Lipinski definition) is 2. The Hall–Kier alpha value is -1.27. The number of amides is 1. The van der Waals surface area contributed by atoms with Crippen LogP contribution in [0, 0.1) is 6.92 Å². The Morgan fingerprint density at radius 1 is 1.42 bits per heavy atom. The Balaban J connectivity index is 2.79. The average Bonchev–Trinajstić information content (AvgIpc) is 2.21. The van der Waals surface area contributed by atoms with Gasteiger partial charge in [0, 0.05) is 10.7 Å². The molecule has 1 aromatic rings. The molecule has 0 spiro atoms. The Kier molecular flexibility index (Phi) is 4.47. The molecule has 0 bridgehead atoms. The molecule has 0 radical (unpaired) electrons. The van der Waals surface area contributed by atoms with Gasteiger partial charge in [-0.3, -0.25) is 4.79 Å². The van der Waals surface area contributed by atoms with Crippen molar-refractivity contribution in [1.82, 2.24) is 0 Å². The van der Waals surface area contributed by atoms with Gasteiger partial charge in [-0.2, -0.15) is 13.2 Å². The Morgan fingerprint density at radius 3 is 2.53 bits per heavy atom. The van der Waals surface area contributed by atoms with Crippen LogP contribution >= 0.6 is 11.6 Å². The lowest BCUT2D eigenvalue weighted by atomic mass is 10.0. The fourth-order valence-electron chi connectivity index (χ4n) is 1.34. The van der Waals surface area contributed by atoms with Crippen LogP contribution in [0.3, 0.4) is 0 Å². The van der Waals surface area contributed by atoms with E-state index in [2.05, 4.69) is 5.32 Å². The molecule has 0 unspecified atom stereocenters. The monoisotopic (exact) mass is 295 g/mol. The second kappa shape index (κ2) is 5.38. The predicted octanol–water partition coefficient (Wildman–Crippen LogP) is 3.29. The lowest BCUT2D eigenvalue weighted by molar-refractivity contribution is -0.252. The van der Waals surface area contributed by atoms with Gasteiger partial charge in [-0.05, 0) is 31.5 Å². The van der Waals surface area contributed by atoms with E-state index in [1.54, 1.807) is 19.1 Å². The van der Waals surface area contributed by atoms with Gasteiger partial charge in [-0.25, -0.2) is 0 Å². The van der Waals surface area contributed by atoms with Gasteiger partial charge in [0.15, 0.2) is 5.60 Å². The second-order valence-corrected chi connectivity index (χ2v) is 4.89. The van der Waals surface area contributed by atoms with E-state index in [9.17, 15) is 23.1 Å². The van der Waals surface area contributed by atoms with E-state index < -0.39 is 24.1 Å². The van der Waals surface area contributed by atoms with Gasteiger partial charge in [0.1, 0.15) is 0 Å². The molecule has 3 nitrogen and oxygen atoms in total. The van der Waals surface area contributed by atoms with E-state index in [-0.39, 0.29) is 0 Å². The normalized spacial score (nSPS) is 14.9. The van der Waals surface area contributed by atoms with E-state index in [1.807, 2.05) is 0 Å². The molecule has 0 fully saturated rings. The van der Waals surface area contributed by atoms with Gasteiger partial charge in [0.2, 0.25) is 5.91 Å². The number of halogens is 4. The Labute approximate surface area is 113 Å². The highest BCUT2D eigenvalue weighted by Gasteiger charge is 2.50. The molecule has 0 aliphatic carbocycles. The third kappa shape index (κ3) is 4.11. The maximum absolute atomic E-state index is 12.4. The fourth-order valence-corrected chi connectivity index (χ4v) is 1.51. The van der Waals surface area contributed by atoms with Crippen LogP contribution in [0.25, 0.3) is 0 Å². The summed E-state index contributed by atoms with van der Waals surface area (Å²) in [6.45, 7) is 2.23. The number of carbonyl (C=O) groups is 1. The summed E-state index contributed by atoms with van der Waals surface area (Å²) in [6.07, 6.45) is -5.95. The molecular weight excluding hydrogens is 283 g/mol. The first-order valence-electron chi connectivity index (χ1n) is 5.38. The SMILES string of the molecule is Cc1ccc(Cl)cc1NC(=O)C[C@@](C)(O)C(F)(F)F. The summed E-state index contributed by atoms with van der Waals surface area (Å²) in [4.78, 5) is 11.5. The highest BCUT2D eigenvalue weighted by atomic mass is 35.5. The van der Waals surface area contributed by atoms with E-state index in [1.165, 1.54) is 6.07 Å². The number of hydrogen-bond donors (Lipinski definition) is 2. The summed E-state index contributed by atoms with van der Waals surface area (Å²) in [5.74, 6) is -0.937. The number of aliphatic hydroxyl groups is 1. The molecule has 7 heteroatoms. The molecule has 1 amide bonds. The third-order valence-electron chi connectivity index (χ3n) is 2.59. The molecule has 19 heavy (non-hydrogen) atoms. The van der Waals surface area contributed by atoms with Crippen molar-refractivity contribution in [2.24, 2.45) is 0 Å². The van der Waals surface area contributed by atoms with Crippen molar-refractivity contribution in [3.8, 4) is 0 Å². The van der Waals surface area contributed by atoms with Gasteiger partial charge in [0.05, 0.1) is 6.42 Å². The lowest BCUT2D eigenvalue weighted by Crippen LogP contribution is -2.44. The Morgan fingerprint density at radius 2 is 2.00 bits per heavy atom. The minimum absolute atomic E-state index is 0.315. The number of rotatable bonds is 3. The molecule has 1 atom stereocenters. The summed E-state index contributed by atoms with van der Waals surface area (Å²) in [5.41, 5.74) is -2.09. The largest absolute Gasteiger partial charge is 0.417 e. The summed E-state index contributed by atoms with van der Waals surface area (Å²) < 4.78 is 37.3. The van der Waals surface area contributed by atoms with Crippen LogP contribution in [0.4, 0.5) is 18.9 Å². The van der Waals surface area contributed by atoms with Crippen LogP contribution in [0.2, 0.25) is 5.02 Å². The second-order valence-electron chi connectivity index (χ2n) is 4.46. The molecule has 2 N–H and O–H groups in total. The van der Waals surface area contributed by atoms with Crippen LogP contribution in [0.1, 0.15) is 18.9 Å². The summed E-state index contributed by atoms with van der Waals surface area (Å²) in [5, 5.41) is 11.9. The van der Waals surface area contributed by atoms with Gasteiger partial charge < -0.3 is 10.4 Å². The summed E-state index contributed by atoms with van der Waals surface area (Å²) in [6, 6.07) is 4.65. The van der Waals surface area contributed by atoms with Crippen molar-refractivity contribution in [3.05, 3.63) is 28.8 Å². The van der Waals surface area contributed by atoms with Crippen LogP contribution in [-0.4, -0.2) is 22.8 Å². The van der Waals surface area contributed by atoms with E-state index >= 15 is 0 Å². The highest BCUT2D eigenvalue weighted by Crippen LogP contribution is 2.33. The molecular formula is C12H13ClF3NO2. The number of nitrogens with one attached hydrogen (secondary N) is 1. The number of alkyl halides is 3. The quantitative estimate of drug-likeness (QED) is 0.899. The molecule has 106 valence electrons. The maximum atomic E-state index is 12.4. The first-order chi connectivity index (χ1) is 8.53. The average molecular weight is 296 g/mol. The molecule has 0 saturated carbocycles. The maximum Gasteiger partial charge on any atom is 0.417 e. The smallest absolute Gasteiger partial charge is 0.380 e. The summed E-state index contributed by atoms with van der Waals surface area (Å²) in [7, 11) is 0. The zero-order chi connectivity index (χ0) is 14.8. The van der Waals surface area contributed by atoms with Crippen LogP contribution in [-0.2, 0) is 4.79 Å². The van der Waals surface area contributed by atoms with Crippen molar-refractivity contribution in [3.63, 3.8) is 0 Å². The zero-order valence-electron chi connectivity index (χ0n) is 10.3. The predicted molar refractivity (Wildman–Crippen MR) is 66.1 cm³/mol. The van der Waals surface area contributed by atoms with Crippen molar-refractivity contribution in [1.29, 1.82) is 0 Å². The molecule has 0 aliphatic rings. The highest BCUT2D eigenvalue weighted by molar-refractivity contribution is 6.31. The van der Waals surface area contributed by atoms with Crippen molar-refractivity contribution in [2.75, 3.05) is 5.32 Å². The number of benzene rings is 1. The van der Waals surface area contributed by atoms with Gasteiger partial charge >= 0.3 is 6.18 Å². The minimum Gasteiger partial charge on any atom is -0.380 e. The first-order valence-corrected chi connectivity index (χ1v) is 5.76. The first kappa shape index (κ1) is 15.8. The number of carbonyl (C=O) groups excluding carboxylic acids is 1. The van der Waals surface area contributed by atoms with E-state index in [0.29, 0.717) is 23.2 Å². The van der Waals surface area contributed by atoms with Crippen molar-refractivity contribution in [2.45, 2.75) is 32.0 Å². The van der Waals surface area contributed by atoms with E-state index in [0.717, 1.165) is 0 Å². The molecule has 0 saturated heterocycles. The molecule has 1 rings (SSSR count). The van der Waals surface area contributed by atoms with Crippen LogP contribution in [0.15, 0.2) is 18.2 Å². The molecule has 0 heterocycles. The van der Waals surface area contributed by atoms with Gasteiger partial charge in [0.25, 0.3) is 0 Å². The topological polar surface area (TPSA) is 49.3 Å². The zero-order valence-corrected chi connectivity index (χ0v) is 11.1. The van der Waals surface area contributed by atoms with Gasteiger partial charge in [-0.15, -0.1) is 0 Å². The van der Waals surface area contributed by atoms with Crippen LogP contribution in [0.5, 0.6) is 0 Å². The van der Waals surface area contributed by atoms with Crippen molar-refractivity contribution < 1.29 is 23.1 Å². The summed E-state index contributed by atoms with van der Waals surface area (Å²) >= 11 is 5.73. The molecule has 0 aliphatic heterocycles.